The average molecular weight is 1240 g/mol. The van der Waals surface area contributed by atoms with Crippen molar-refractivity contribution in [3.63, 3.8) is 0 Å². The molecule has 7 amide bonds. The van der Waals surface area contributed by atoms with Crippen molar-refractivity contribution in [3.05, 3.63) is 136 Å². The summed E-state index contributed by atoms with van der Waals surface area (Å²) >= 11 is 6.38. The van der Waals surface area contributed by atoms with Gasteiger partial charge in [0.2, 0.25) is 11.8 Å². The van der Waals surface area contributed by atoms with Gasteiger partial charge in [-0.15, -0.1) is 0 Å². The van der Waals surface area contributed by atoms with Crippen molar-refractivity contribution in [2.24, 2.45) is 36.5 Å². The lowest BCUT2D eigenvalue weighted by molar-refractivity contribution is -0.137. The highest BCUT2D eigenvalue weighted by Crippen LogP contribution is 2.45. The number of aryl methyl sites for hydroxylation is 2. The zero-order valence-corrected chi connectivity index (χ0v) is 51.4. The van der Waals surface area contributed by atoms with E-state index in [0.29, 0.717) is 54.0 Å². The maximum Gasteiger partial charge on any atom is 0.410 e. The number of urea groups is 1. The number of ketones is 2. The minimum absolute atomic E-state index is 0.0169. The number of unbranched alkanes of at least 4 members (excludes halogenated alkanes) is 2. The van der Waals surface area contributed by atoms with Gasteiger partial charge in [0.05, 0.1) is 35.0 Å². The molecule has 6 atom stereocenters. The first-order valence-electron chi connectivity index (χ1n) is 29.5. The van der Waals surface area contributed by atoms with Gasteiger partial charge in [0.1, 0.15) is 36.4 Å². The lowest BCUT2D eigenvalue weighted by atomic mass is 9.72. The van der Waals surface area contributed by atoms with E-state index in [-0.39, 0.29) is 122 Å². The predicted molar refractivity (Wildman–Crippen MR) is 323 cm³/mol. The zero-order chi connectivity index (χ0) is 64.0. The van der Waals surface area contributed by atoms with E-state index in [4.69, 9.17) is 31.8 Å². The molecule has 2 aliphatic rings. The Balaban J connectivity index is 1.03. The molecule has 88 heavy (non-hydrogen) atoms. The average Bonchev–Trinajstić information content (AvgIpc) is 1.97. The Morgan fingerprint density at radius 2 is 1.65 bits per heavy atom. The van der Waals surface area contributed by atoms with Gasteiger partial charge in [-0.25, -0.2) is 27.7 Å². The number of carbonyl (C=O) groups is 8. The highest BCUT2D eigenvalue weighted by molar-refractivity contribution is 6.30. The third-order valence-corrected chi connectivity index (χ3v) is 16.5. The van der Waals surface area contributed by atoms with Gasteiger partial charge >= 0.3 is 12.1 Å². The van der Waals surface area contributed by atoms with Crippen LogP contribution >= 0.6 is 11.6 Å². The van der Waals surface area contributed by atoms with Crippen LogP contribution in [-0.2, 0) is 53.6 Å². The number of carbonyl (C=O) groups excluding carboxylic acids is 8. The number of halogens is 4. The van der Waals surface area contributed by atoms with Crippen LogP contribution in [0.5, 0.6) is 0 Å². The molecule has 1 saturated heterocycles. The fourth-order valence-electron chi connectivity index (χ4n) is 11.6. The van der Waals surface area contributed by atoms with E-state index < -0.39 is 77.7 Å². The number of Topliss-reactive ketones (excluding diaryl/α,β-unsaturated/α-hetero) is 2. The number of ether oxygens (including phenoxy) is 2. The molecule has 472 valence electrons. The fourth-order valence-corrected chi connectivity index (χ4v) is 11.7. The van der Waals surface area contributed by atoms with Gasteiger partial charge in [0.15, 0.2) is 11.6 Å². The second-order valence-corrected chi connectivity index (χ2v) is 24.0. The van der Waals surface area contributed by atoms with Crippen molar-refractivity contribution < 1.29 is 61.0 Å². The van der Waals surface area contributed by atoms with Crippen molar-refractivity contribution in [2.45, 2.75) is 129 Å². The van der Waals surface area contributed by atoms with Crippen LogP contribution in [0.4, 0.5) is 28.4 Å². The highest BCUT2D eigenvalue weighted by Gasteiger charge is 2.48. The molecular weight excluding hydrogens is 1160 g/mol. The second kappa shape index (κ2) is 30.6. The first-order chi connectivity index (χ1) is 41.8. The number of imide groups is 1. The maximum atomic E-state index is 15.7. The number of nitrogens with two attached hydrogens (primary N) is 1. The third kappa shape index (κ3) is 17.8. The first kappa shape index (κ1) is 67.3. The molecule has 24 heteroatoms. The number of amides is 7. The van der Waals surface area contributed by atoms with Crippen LogP contribution in [0.2, 0.25) is 5.02 Å². The molecular formula is C64H78ClF3N10O10. The Labute approximate surface area is 515 Å². The molecule has 5 aromatic rings. The summed E-state index contributed by atoms with van der Waals surface area (Å²) in [6.07, 6.45) is 5.44. The summed E-state index contributed by atoms with van der Waals surface area (Å²) in [5.74, 6) is -6.57. The standard InChI is InChI=1S/C64H78ClF3N10O10/c1-38(2)58(73-54(80)16-9-8-10-26-77-55(81)23-24-56(77)82)53(79)31-43(14-12-25-70-62(69)85)61(84)71-46-20-17-40(18-21-46)37-88-63(86)78-35-42(29-47(78)33-66)30-49(59(83)52-27-39(3)74-75(52)6)57(64(4,5)87-7)60-72-51(48-32-44(65)19-22-50(48)68)36-76(60)34-41-13-11-15-45(67)28-41/h11,13,15,17-24,27-28,32,36,38,42-43,47,49,57-58H,8-10,12,14,16,25-26,29-31,33-35,37H2,1-7H3,(H,71,84)(H,73,80)(H3,69,70,85)/t42-,43-,47+,49?,57?,58+/m1/s1. The van der Waals surface area contributed by atoms with Crippen molar-refractivity contribution in [1.82, 2.24) is 39.8 Å². The number of methoxy groups -OCH3 is 1. The summed E-state index contributed by atoms with van der Waals surface area (Å²) in [5.41, 5.74) is 6.69. The van der Waals surface area contributed by atoms with Gasteiger partial charge in [-0.1, -0.05) is 56.1 Å². The number of hydrogen-bond acceptors (Lipinski definition) is 12. The molecule has 7 rings (SSSR count). The topological polar surface area (TPSA) is 259 Å². The van der Waals surface area contributed by atoms with Crippen molar-refractivity contribution in [3.8, 4) is 11.3 Å². The van der Waals surface area contributed by atoms with Gasteiger partial charge in [-0.05, 0) is 131 Å². The number of benzene rings is 3. The number of rotatable bonds is 31. The molecule has 2 unspecified atom stereocenters. The molecule has 2 aliphatic heterocycles. The SMILES string of the molecule is COC(C)(C)C(c1nc(-c2cc(Cl)ccc2F)cn1Cc1cccc(F)c1)C(C[C@H]1C[C@@H](CF)N(C(=O)OCc2ccc(NC(=O)[C@H](CCCNC(N)=O)CC(=O)[C@@H](NC(=O)CCCCCN3C(=O)C=CC3=O)C(C)C)cc2)C1)C(=O)c1cc(C)nn1C. The maximum absolute atomic E-state index is 15.7. The minimum atomic E-state index is -1.17. The highest BCUT2D eigenvalue weighted by atomic mass is 35.5. The predicted octanol–water partition coefficient (Wildman–Crippen LogP) is 9.56. The second-order valence-electron chi connectivity index (χ2n) is 23.5. The molecule has 0 saturated carbocycles. The number of aromatic nitrogens is 4. The van der Waals surface area contributed by atoms with Crippen LogP contribution < -0.4 is 21.7 Å². The summed E-state index contributed by atoms with van der Waals surface area (Å²) in [4.78, 5) is 113. The van der Waals surface area contributed by atoms with Crippen LogP contribution in [0, 0.1) is 42.2 Å². The largest absolute Gasteiger partial charge is 0.445 e. The van der Waals surface area contributed by atoms with Crippen molar-refractivity contribution in [1.29, 1.82) is 0 Å². The van der Waals surface area contributed by atoms with E-state index in [1.54, 1.807) is 94.9 Å². The van der Waals surface area contributed by atoms with Gasteiger partial charge in [0.25, 0.3) is 11.8 Å². The van der Waals surface area contributed by atoms with Crippen LogP contribution in [0.1, 0.15) is 125 Å². The molecule has 4 heterocycles. The summed E-state index contributed by atoms with van der Waals surface area (Å²) in [5, 5.41) is 12.9. The Morgan fingerprint density at radius 1 is 0.920 bits per heavy atom. The molecule has 0 radical (unpaired) electrons. The summed E-state index contributed by atoms with van der Waals surface area (Å²) < 4.78 is 60.7. The lowest BCUT2D eigenvalue weighted by Crippen LogP contribution is -2.45. The van der Waals surface area contributed by atoms with Gasteiger partial charge in [0, 0.05) is 99.6 Å². The fraction of sp³-hybridized carbons (Fsp3) is 0.469. The third-order valence-electron chi connectivity index (χ3n) is 16.2. The zero-order valence-electron chi connectivity index (χ0n) is 50.7. The molecule has 2 aromatic heterocycles. The van der Waals surface area contributed by atoms with E-state index in [0.717, 1.165) is 4.90 Å². The van der Waals surface area contributed by atoms with E-state index >= 15 is 13.6 Å². The molecule has 3 aromatic carbocycles. The number of likely N-dealkylation sites (tertiary alicyclic amines) is 1. The Morgan fingerprint density at radius 3 is 2.30 bits per heavy atom. The van der Waals surface area contributed by atoms with Crippen LogP contribution in [-0.4, -0.2) is 128 Å². The molecule has 0 aliphatic carbocycles. The Kier molecular flexibility index (Phi) is 23.4. The lowest BCUT2D eigenvalue weighted by Gasteiger charge is -2.38. The summed E-state index contributed by atoms with van der Waals surface area (Å²) in [7, 11) is 3.15. The number of hydrogen-bond donors (Lipinski definition) is 4. The van der Waals surface area contributed by atoms with E-state index in [2.05, 4.69) is 21.0 Å². The molecule has 0 bridgehead atoms. The monoisotopic (exact) mass is 1240 g/mol. The molecule has 5 N–H and O–H groups in total. The summed E-state index contributed by atoms with van der Waals surface area (Å²) in [6, 6.07) is 15.6. The number of anilines is 1. The van der Waals surface area contributed by atoms with Crippen molar-refractivity contribution in [2.75, 3.05) is 38.7 Å². The summed E-state index contributed by atoms with van der Waals surface area (Å²) in [6.45, 7) is 8.26. The van der Waals surface area contributed by atoms with E-state index in [1.165, 1.54) is 59.2 Å². The van der Waals surface area contributed by atoms with Gasteiger partial charge < -0.3 is 40.6 Å². The first-order valence-corrected chi connectivity index (χ1v) is 29.9. The number of alkyl halides is 1. The van der Waals surface area contributed by atoms with E-state index in [1.807, 2.05) is 0 Å². The van der Waals surface area contributed by atoms with Crippen LogP contribution in [0.3, 0.4) is 0 Å². The number of primary amides is 1. The van der Waals surface area contributed by atoms with Crippen LogP contribution in [0.25, 0.3) is 11.3 Å². The van der Waals surface area contributed by atoms with E-state index in [9.17, 15) is 38.0 Å². The number of nitrogens with one attached hydrogen (secondary N) is 3. The number of imidazole rings is 1. The van der Waals surface area contributed by atoms with Crippen LogP contribution in [0.15, 0.2) is 91.1 Å². The van der Waals surface area contributed by atoms with Gasteiger partial charge in [-0.3, -0.25) is 38.3 Å². The normalized spacial score (nSPS) is 16.4. The smallest absolute Gasteiger partial charge is 0.410 e. The minimum Gasteiger partial charge on any atom is -0.445 e. The Bertz CT molecular complexity index is 3350. The Hall–Kier alpha value is -8.18. The van der Waals surface area contributed by atoms with Crippen molar-refractivity contribution >= 4 is 64.6 Å². The molecule has 1 fully saturated rings. The molecule has 0 spiro atoms. The molecule has 20 nitrogen and oxygen atoms in total. The number of nitrogens with zero attached hydrogens (tertiary/aromatic N) is 6. The van der Waals surface area contributed by atoms with Gasteiger partial charge in [-0.2, -0.15) is 5.10 Å². The quantitative estimate of drug-likeness (QED) is 0.0184.